The van der Waals surface area contributed by atoms with Crippen molar-refractivity contribution in [3.63, 3.8) is 0 Å². The van der Waals surface area contributed by atoms with E-state index in [-0.39, 0.29) is 4.90 Å². The fourth-order valence-electron chi connectivity index (χ4n) is 1.15. The summed E-state index contributed by atoms with van der Waals surface area (Å²) in [6.45, 7) is -0.416. The van der Waals surface area contributed by atoms with Crippen LogP contribution < -0.4 is 15.8 Å². The number of hydrogen-bond donors (Lipinski definition) is 3. The van der Waals surface area contributed by atoms with Crippen LogP contribution in [0.1, 0.15) is 0 Å². The first-order chi connectivity index (χ1) is 7.47. The number of nitrogens with two attached hydrogens (primary N) is 1. The van der Waals surface area contributed by atoms with E-state index in [0.717, 1.165) is 0 Å². The van der Waals surface area contributed by atoms with Gasteiger partial charge in [0, 0.05) is 7.05 Å². The van der Waals surface area contributed by atoms with Crippen LogP contribution in [-0.2, 0) is 14.8 Å². The van der Waals surface area contributed by atoms with E-state index in [4.69, 9.17) is 5.73 Å². The number of rotatable bonds is 5. The summed E-state index contributed by atoms with van der Waals surface area (Å²) in [5.74, 6) is -0.731. The molecule has 0 aliphatic rings. The molecule has 0 spiro atoms. The van der Waals surface area contributed by atoms with Crippen LogP contribution in [0.4, 0.5) is 5.69 Å². The highest BCUT2D eigenvalue weighted by Crippen LogP contribution is 2.19. The molecule has 0 unspecified atom stereocenters. The Bertz CT molecular complexity index is 485. The molecule has 0 atom stereocenters. The lowest BCUT2D eigenvalue weighted by atomic mass is 10.3. The van der Waals surface area contributed by atoms with Gasteiger partial charge in [-0.15, -0.1) is 0 Å². The monoisotopic (exact) mass is 243 g/mol. The highest BCUT2D eigenvalue weighted by molar-refractivity contribution is 7.89. The number of primary amides is 1. The minimum Gasteiger partial charge on any atom is -0.387 e. The SMILES string of the molecule is CNc1ccccc1S(=O)(=O)NCC(N)=O. The molecule has 0 aromatic heterocycles. The first-order valence-corrected chi connectivity index (χ1v) is 6.00. The summed E-state index contributed by atoms with van der Waals surface area (Å²) in [6.07, 6.45) is 0. The lowest BCUT2D eigenvalue weighted by Gasteiger charge is -2.09. The van der Waals surface area contributed by atoms with Gasteiger partial charge in [0.2, 0.25) is 15.9 Å². The van der Waals surface area contributed by atoms with Gasteiger partial charge in [0.1, 0.15) is 4.90 Å². The van der Waals surface area contributed by atoms with Crippen molar-refractivity contribution in [2.45, 2.75) is 4.90 Å². The van der Waals surface area contributed by atoms with E-state index in [1.165, 1.54) is 6.07 Å². The summed E-state index contributed by atoms with van der Waals surface area (Å²) in [6, 6.07) is 6.37. The second kappa shape index (κ2) is 4.95. The molecule has 1 aromatic carbocycles. The van der Waals surface area contributed by atoms with Crippen molar-refractivity contribution < 1.29 is 13.2 Å². The molecule has 1 rings (SSSR count). The predicted molar refractivity (Wildman–Crippen MR) is 60.4 cm³/mol. The molecule has 0 heterocycles. The molecule has 0 radical (unpaired) electrons. The number of sulfonamides is 1. The number of amides is 1. The summed E-state index contributed by atoms with van der Waals surface area (Å²) in [5.41, 5.74) is 5.32. The Morgan fingerprint density at radius 3 is 2.56 bits per heavy atom. The minimum absolute atomic E-state index is 0.0822. The molecule has 0 bridgehead atoms. The van der Waals surface area contributed by atoms with Gasteiger partial charge in [0.25, 0.3) is 0 Å². The molecule has 88 valence electrons. The van der Waals surface area contributed by atoms with Gasteiger partial charge in [0.05, 0.1) is 12.2 Å². The number of anilines is 1. The number of nitrogens with one attached hydrogen (secondary N) is 2. The van der Waals surface area contributed by atoms with Crippen LogP contribution in [0.2, 0.25) is 0 Å². The fraction of sp³-hybridized carbons (Fsp3) is 0.222. The van der Waals surface area contributed by atoms with Gasteiger partial charge in [-0.05, 0) is 12.1 Å². The van der Waals surface area contributed by atoms with Crippen molar-refractivity contribution in [1.29, 1.82) is 0 Å². The molecule has 4 N–H and O–H groups in total. The molecule has 0 saturated heterocycles. The standard InChI is InChI=1S/C9H13N3O3S/c1-11-7-4-2-3-5-8(7)16(14,15)12-6-9(10)13/h2-5,11-12H,6H2,1H3,(H2,10,13). The molecule has 0 aliphatic heterocycles. The Morgan fingerprint density at radius 1 is 1.38 bits per heavy atom. The molecule has 1 aromatic rings. The molecular formula is C9H13N3O3S. The van der Waals surface area contributed by atoms with E-state index in [2.05, 4.69) is 10.0 Å². The average molecular weight is 243 g/mol. The number of hydrogen-bond acceptors (Lipinski definition) is 4. The normalized spacial score (nSPS) is 11.1. The highest BCUT2D eigenvalue weighted by Gasteiger charge is 2.17. The highest BCUT2D eigenvalue weighted by atomic mass is 32.2. The fourth-order valence-corrected chi connectivity index (χ4v) is 2.36. The van der Waals surface area contributed by atoms with Gasteiger partial charge in [-0.1, -0.05) is 12.1 Å². The number of para-hydroxylation sites is 1. The zero-order chi connectivity index (χ0) is 12.2. The average Bonchev–Trinajstić information content (AvgIpc) is 2.26. The maximum Gasteiger partial charge on any atom is 0.243 e. The van der Waals surface area contributed by atoms with Crippen LogP contribution in [-0.4, -0.2) is 27.9 Å². The maximum atomic E-state index is 11.8. The topological polar surface area (TPSA) is 101 Å². The lowest BCUT2D eigenvalue weighted by Crippen LogP contribution is -2.33. The predicted octanol–water partition coefficient (Wildman–Crippen LogP) is -0.508. The summed E-state index contributed by atoms with van der Waals surface area (Å²) < 4.78 is 25.6. The van der Waals surface area contributed by atoms with Crippen LogP contribution in [0.3, 0.4) is 0 Å². The van der Waals surface area contributed by atoms with Crippen molar-refractivity contribution in [3.05, 3.63) is 24.3 Å². The van der Waals surface area contributed by atoms with E-state index < -0.39 is 22.5 Å². The quantitative estimate of drug-likeness (QED) is 0.648. The number of benzene rings is 1. The molecule has 0 fully saturated rings. The van der Waals surface area contributed by atoms with Crippen LogP contribution in [0.5, 0.6) is 0 Å². The molecular weight excluding hydrogens is 230 g/mol. The van der Waals surface area contributed by atoms with Gasteiger partial charge < -0.3 is 11.1 Å². The van der Waals surface area contributed by atoms with E-state index in [1.54, 1.807) is 25.2 Å². The first kappa shape index (κ1) is 12.5. The van der Waals surface area contributed by atoms with E-state index >= 15 is 0 Å². The van der Waals surface area contributed by atoms with Crippen molar-refractivity contribution in [2.24, 2.45) is 5.73 Å². The first-order valence-electron chi connectivity index (χ1n) is 4.52. The van der Waals surface area contributed by atoms with Crippen LogP contribution in [0.25, 0.3) is 0 Å². The third-order valence-electron chi connectivity index (χ3n) is 1.88. The zero-order valence-corrected chi connectivity index (χ0v) is 9.54. The molecule has 6 nitrogen and oxygen atoms in total. The molecule has 0 saturated carbocycles. The van der Waals surface area contributed by atoms with E-state index in [9.17, 15) is 13.2 Å². The zero-order valence-electron chi connectivity index (χ0n) is 8.73. The van der Waals surface area contributed by atoms with Gasteiger partial charge in [-0.3, -0.25) is 4.79 Å². The van der Waals surface area contributed by atoms with E-state index in [1.807, 2.05) is 0 Å². The van der Waals surface area contributed by atoms with Crippen LogP contribution in [0, 0.1) is 0 Å². The van der Waals surface area contributed by atoms with Gasteiger partial charge in [-0.2, -0.15) is 0 Å². The van der Waals surface area contributed by atoms with Crippen molar-refractivity contribution in [1.82, 2.24) is 4.72 Å². The van der Waals surface area contributed by atoms with E-state index in [0.29, 0.717) is 5.69 Å². The largest absolute Gasteiger partial charge is 0.387 e. The second-order valence-corrected chi connectivity index (χ2v) is 4.77. The lowest BCUT2D eigenvalue weighted by molar-refractivity contribution is -0.116. The number of carbonyl (C=O) groups excluding carboxylic acids is 1. The Kier molecular flexibility index (Phi) is 3.86. The Morgan fingerprint density at radius 2 is 2.00 bits per heavy atom. The summed E-state index contributed by atoms with van der Waals surface area (Å²) >= 11 is 0. The smallest absolute Gasteiger partial charge is 0.243 e. The van der Waals surface area contributed by atoms with Gasteiger partial charge >= 0.3 is 0 Å². The maximum absolute atomic E-state index is 11.8. The third kappa shape index (κ3) is 2.94. The second-order valence-electron chi connectivity index (χ2n) is 3.04. The molecule has 16 heavy (non-hydrogen) atoms. The molecule has 0 aliphatic carbocycles. The third-order valence-corrected chi connectivity index (χ3v) is 3.34. The van der Waals surface area contributed by atoms with Crippen molar-refractivity contribution in [2.75, 3.05) is 18.9 Å². The van der Waals surface area contributed by atoms with Crippen molar-refractivity contribution >= 4 is 21.6 Å². The minimum atomic E-state index is -3.71. The van der Waals surface area contributed by atoms with Gasteiger partial charge in [0.15, 0.2) is 0 Å². The van der Waals surface area contributed by atoms with Crippen molar-refractivity contribution in [3.8, 4) is 0 Å². The Balaban J connectivity index is 3.02. The Hall–Kier alpha value is -1.60. The molecule has 1 amide bonds. The number of carbonyl (C=O) groups is 1. The molecule has 7 heteroatoms. The van der Waals surface area contributed by atoms with Gasteiger partial charge in [-0.25, -0.2) is 13.1 Å². The van der Waals surface area contributed by atoms with Crippen LogP contribution in [0.15, 0.2) is 29.2 Å². The van der Waals surface area contributed by atoms with Crippen LogP contribution >= 0.6 is 0 Å². The summed E-state index contributed by atoms with van der Waals surface area (Å²) in [5, 5.41) is 2.75. The summed E-state index contributed by atoms with van der Waals surface area (Å²) in [4.78, 5) is 10.6. The Labute approximate surface area is 93.9 Å². The summed E-state index contributed by atoms with van der Waals surface area (Å²) in [7, 11) is -2.10.